The van der Waals surface area contributed by atoms with Gasteiger partial charge in [-0.05, 0) is 36.4 Å². The molecule has 0 aromatic heterocycles. The van der Waals surface area contributed by atoms with Gasteiger partial charge in [-0.15, -0.1) is 0 Å². The lowest BCUT2D eigenvalue weighted by molar-refractivity contribution is -0.120. The summed E-state index contributed by atoms with van der Waals surface area (Å²) in [5.74, 6) is -0.600. The second-order valence-electron chi connectivity index (χ2n) is 4.87. The van der Waals surface area contributed by atoms with Crippen molar-refractivity contribution in [2.45, 2.75) is 6.42 Å². The molecule has 0 N–H and O–H groups in total. The number of nitrogens with zero attached hydrogens (tertiary/aromatic N) is 3. The van der Waals surface area contributed by atoms with Gasteiger partial charge in [-0.1, -0.05) is 24.8 Å². The topological polar surface area (TPSA) is 62.1 Å². The molecule has 1 fully saturated rings. The molecular formula is C17H13N3O2. The van der Waals surface area contributed by atoms with Gasteiger partial charge >= 0.3 is 0 Å². The largest absolute Gasteiger partial charge is 0.274 e. The van der Waals surface area contributed by atoms with Crippen LogP contribution in [0.4, 0.5) is 17.1 Å². The Hall–Kier alpha value is -3.08. The normalized spacial score (nSPS) is 15.1. The van der Waals surface area contributed by atoms with Gasteiger partial charge in [0.1, 0.15) is 0 Å². The van der Waals surface area contributed by atoms with Gasteiger partial charge in [-0.2, -0.15) is 10.2 Å². The average Bonchev–Trinajstić information content (AvgIpc) is 2.80. The van der Waals surface area contributed by atoms with Gasteiger partial charge in [0, 0.05) is 5.57 Å². The molecule has 108 valence electrons. The van der Waals surface area contributed by atoms with E-state index < -0.39 is 0 Å². The lowest BCUT2D eigenvalue weighted by Gasteiger charge is -2.13. The van der Waals surface area contributed by atoms with Crippen LogP contribution in [0.25, 0.3) is 0 Å². The van der Waals surface area contributed by atoms with Crippen LogP contribution in [0.1, 0.15) is 6.42 Å². The predicted octanol–water partition coefficient (Wildman–Crippen LogP) is 3.92. The van der Waals surface area contributed by atoms with Crippen LogP contribution in [-0.4, -0.2) is 11.8 Å². The fraction of sp³-hybridized carbons (Fsp3) is 0.0588. The van der Waals surface area contributed by atoms with Crippen LogP contribution in [0.3, 0.4) is 0 Å². The van der Waals surface area contributed by atoms with Crippen LogP contribution >= 0.6 is 0 Å². The SMILES string of the molecule is C=C1CC(=O)N(c2ccc(N=Nc3ccccc3)cc2)C1=O. The van der Waals surface area contributed by atoms with E-state index in [1.807, 2.05) is 30.3 Å². The number of azo groups is 1. The minimum Gasteiger partial charge on any atom is -0.274 e. The molecule has 2 aromatic carbocycles. The summed E-state index contributed by atoms with van der Waals surface area (Å²) in [6.07, 6.45) is 0.0777. The highest BCUT2D eigenvalue weighted by molar-refractivity contribution is 6.27. The van der Waals surface area contributed by atoms with Crippen molar-refractivity contribution >= 4 is 28.9 Å². The average molecular weight is 291 g/mol. The summed E-state index contributed by atoms with van der Waals surface area (Å²) in [7, 11) is 0. The Kier molecular flexibility index (Phi) is 3.62. The van der Waals surface area contributed by atoms with Crippen molar-refractivity contribution in [1.29, 1.82) is 0 Å². The van der Waals surface area contributed by atoms with E-state index in [-0.39, 0.29) is 18.2 Å². The zero-order valence-corrected chi connectivity index (χ0v) is 11.8. The summed E-state index contributed by atoms with van der Waals surface area (Å²) in [6.45, 7) is 3.60. The maximum absolute atomic E-state index is 11.9. The van der Waals surface area contributed by atoms with Gasteiger partial charge in [-0.3, -0.25) is 9.59 Å². The van der Waals surface area contributed by atoms with Crippen LogP contribution in [0.15, 0.2) is 77.0 Å². The van der Waals surface area contributed by atoms with Crippen molar-refractivity contribution in [2.75, 3.05) is 4.90 Å². The summed E-state index contributed by atoms with van der Waals surface area (Å²) >= 11 is 0. The molecule has 0 atom stereocenters. The van der Waals surface area contributed by atoms with Crippen LogP contribution in [0.2, 0.25) is 0 Å². The summed E-state index contributed by atoms with van der Waals surface area (Å²) in [5, 5.41) is 8.23. The highest BCUT2D eigenvalue weighted by Gasteiger charge is 2.33. The third kappa shape index (κ3) is 2.69. The molecular weight excluding hydrogens is 278 g/mol. The second-order valence-corrected chi connectivity index (χ2v) is 4.87. The number of amides is 2. The standard InChI is InChI=1S/C17H13N3O2/c1-12-11-16(21)20(17(12)22)15-9-7-14(8-10-15)19-18-13-5-3-2-4-6-13/h2-10H,1,11H2. The Morgan fingerprint density at radius 1 is 0.864 bits per heavy atom. The van der Waals surface area contributed by atoms with E-state index in [9.17, 15) is 9.59 Å². The van der Waals surface area contributed by atoms with E-state index in [4.69, 9.17) is 0 Å². The van der Waals surface area contributed by atoms with Crippen LogP contribution in [-0.2, 0) is 9.59 Å². The fourth-order valence-corrected chi connectivity index (χ4v) is 2.15. The Balaban J connectivity index is 1.79. The van der Waals surface area contributed by atoms with Gasteiger partial charge in [0.25, 0.3) is 5.91 Å². The molecule has 1 aliphatic heterocycles. The van der Waals surface area contributed by atoms with Crippen LogP contribution in [0, 0.1) is 0 Å². The van der Waals surface area contributed by atoms with Crippen molar-refractivity contribution in [3.63, 3.8) is 0 Å². The smallest absolute Gasteiger partial charge is 0.260 e. The summed E-state index contributed by atoms with van der Waals surface area (Å²) in [6, 6.07) is 16.2. The number of imide groups is 1. The van der Waals surface area contributed by atoms with Crippen LogP contribution < -0.4 is 4.90 Å². The summed E-state index contributed by atoms with van der Waals surface area (Å²) < 4.78 is 0. The first kappa shape index (κ1) is 13.9. The monoisotopic (exact) mass is 291 g/mol. The molecule has 0 spiro atoms. The van der Waals surface area contributed by atoms with Crippen molar-refractivity contribution in [2.24, 2.45) is 10.2 Å². The molecule has 0 aliphatic carbocycles. The van der Waals surface area contributed by atoms with Gasteiger partial charge in [0.15, 0.2) is 0 Å². The Morgan fingerprint density at radius 2 is 1.45 bits per heavy atom. The van der Waals surface area contributed by atoms with Crippen LogP contribution in [0.5, 0.6) is 0 Å². The number of carbonyl (C=O) groups excluding carboxylic acids is 2. The van der Waals surface area contributed by atoms with E-state index in [0.717, 1.165) is 10.6 Å². The molecule has 5 heteroatoms. The molecule has 5 nitrogen and oxygen atoms in total. The van der Waals surface area contributed by atoms with Gasteiger partial charge in [-0.25, -0.2) is 4.90 Å². The number of hydrogen-bond acceptors (Lipinski definition) is 4. The third-order valence-corrected chi connectivity index (χ3v) is 3.26. The zero-order chi connectivity index (χ0) is 15.5. The molecule has 3 rings (SSSR count). The number of carbonyl (C=O) groups is 2. The minimum atomic E-state index is -0.344. The molecule has 0 unspecified atom stereocenters. The van der Waals surface area contributed by atoms with E-state index in [1.54, 1.807) is 24.3 Å². The first-order valence-electron chi connectivity index (χ1n) is 6.77. The first-order valence-corrected chi connectivity index (χ1v) is 6.77. The summed E-state index contributed by atoms with van der Waals surface area (Å²) in [4.78, 5) is 24.8. The lowest BCUT2D eigenvalue weighted by atomic mass is 10.2. The zero-order valence-electron chi connectivity index (χ0n) is 11.8. The lowest BCUT2D eigenvalue weighted by Crippen LogP contribution is -2.28. The quantitative estimate of drug-likeness (QED) is 0.489. The molecule has 2 amide bonds. The Morgan fingerprint density at radius 3 is 2.00 bits per heavy atom. The first-order chi connectivity index (χ1) is 10.6. The molecule has 0 saturated carbocycles. The maximum Gasteiger partial charge on any atom is 0.260 e. The molecule has 2 aromatic rings. The molecule has 1 saturated heterocycles. The van der Waals surface area contributed by atoms with Gasteiger partial charge in [0.05, 0.1) is 23.5 Å². The van der Waals surface area contributed by atoms with Gasteiger partial charge < -0.3 is 0 Å². The van der Waals surface area contributed by atoms with E-state index in [1.165, 1.54) is 0 Å². The molecule has 0 radical (unpaired) electrons. The van der Waals surface area contributed by atoms with Crippen molar-refractivity contribution in [1.82, 2.24) is 0 Å². The fourth-order valence-electron chi connectivity index (χ4n) is 2.15. The number of hydrogen-bond donors (Lipinski definition) is 0. The Bertz CT molecular complexity index is 764. The molecule has 22 heavy (non-hydrogen) atoms. The highest BCUT2D eigenvalue weighted by atomic mass is 16.2. The summed E-state index contributed by atoms with van der Waals surface area (Å²) in [5.41, 5.74) is 2.24. The van der Waals surface area contributed by atoms with Crippen molar-refractivity contribution < 1.29 is 9.59 Å². The third-order valence-electron chi connectivity index (χ3n) is 3.26. The molecule has 1 heterocycles. The molecule has 1 aliphatic rings. The maximum atomic E-state index is 11.9. The van der Waals surface area contributed by atoms with E-state index >= 15 is 0 Å². The highest BCUT2D eigenvalue weighted by Crippen LogP contribution is 2.27. The van der Waals surface area contributed by atoms with E-state index in [0.29, 0.717) is 16.9 Å². The van der Waals surface area contributed by atoms with Crippen molar-refractivity contribution in [3.8, 4) is 0 Å². The van der Waals surface area contributed by atoms with Crippen molar-refractivity contribution in [3.05, 3.63) is 66.7 Å². The predicted molar refractivity (Wildman–Crippen MR) is 83.3 cm³/mol. The number of anilines is 1. The van der Waals surface area contributed by atoms with Gasteiger partial charge in [0.2, 0.25) is 5.91 Å². The molecule has 0 bridgehead atoms. The minimum absolute atomic E-state index is 0.0777. The number of rotatable bonds is 3. The van der Waals surface area contributed by atoms with E-state index in [2.05, 4.69) is 16.8 Å². The second kappa shape index (κ2) is 5.73. The number of benzene rings is 2. The Labute approximate surface area is 127 Å².